The van der Waals surface area contributed by atoms with E-state index in [0.29, 0.717) is 21.6 Å². The van der Waals surface area contributed by atoms with Gasteiger partial charge in [-0.3, -0.25) is 9.59 Å². The van der Waals surface area contributed by atoms with Gasteiger partial charge in [0.25, 0.3) is 11.5 Å². The lowest BCUT2D eigenvalue weighted by molar-refractivity contribution is -0.580. The molecule has 0 bridgehead atoms. The predicted octanol–water partition coefficient (Wildman–Crippen LogP) is 2.56. The van der Waals surface area contributed by atoms with Crippen LogP contribution < -0.4 is 9.47 Å². The normalized spacial score (nSPS) is 10.6. The maximum Gasteiger partial charge on any atom is 0.305 e. The van der Waals surface area contributed by atoms with Crippen molar-refractivity contribution in [3.63, 3.8) is 0 Å². The van der Waals surface area contributed by atoms with Crippen LogP contribution in [0.1, 0.15) is 35.1 Å². The molecular weight excluding hydrogens is 348 g/mol. The van der Waals surface area contributed by atoms with E-state index in [4.69, 9.17) is 9.47 Å². The molecule has 0 saturated heterocycles. The second-order valence-corrected chi connectivity index (χ2v) is 5.77. The van der Waals surface area contributed by atoms with Crippen LogP contribution in [0.15, 0.2) is 48.5 Å². The fourth-order valence-electron chi connectivity index (χ4n) is 2.62. The number of carbonyl (C=O) groups is 2. The van der Waals surface area contributed by atoms with Crippen LogP contribution >= 0.6 is 0 Å². The standard InChI is InChI=1S/C20H18N2O5/c1-3-18(23)27-12-16-19(20(24)13-7-5-4-6-8-13)22(25)17-11-14(26-2)9-10-15(17)21-16/h4-11H,3,12H2,1-2H3. The topological polar surface area (TPSA) is 92.4 Å². The minimum absolute atomic E-state index is 0.110. The van der Waals surface area contributed by atoms with Crippen molar-refractivity contribution in [2.45, 2.75) is 20.0 Å². The first-order chi connectivity index (χ1) is 13.0. The van der Waals surface area contributed by atoms with Crippen molar-refractivity contribution >= 4 is 22.8 Å². The molecule has 2 aromatic carbocycles. The SMILES string of the molecule is CCC(=O)OCc1nc2ccc(OC)cc2[n+]([O-])c1C(=O)c1ccccc1. The Morgan fingerprint density at radius 3 is 2.56 bits per heavy atom. The Morgan fingerprint density at radius 1 is 1.15 bits per heavy atom. The molecule has 0 spiro atoms. The number of hydrogen-bond donors (Lipinski definition) is 0. The Bertz CT molecular complexity index is 1000. The molecule has 1 heterocycles. The van der Waals surface area contributed by atoms with Crippen LogP contribution in [0.2, 0.25) is 0 Å². The first-order valence-electron chi connectivity index (χ1n) is 8.40. The van der Waals surface area contributed by atoms with Gasteiger partial charge in [-0.2, -0.15) is 4.73 Å². The van der Waals surface area contributed by atoms with Crippen molar-refractivity contribution in [3.05, 3.63) is 70.7 Å². The van der Waals surface area contributed by atoms with Gasteiger partial charge < -0.3 is 14.7 Å². The van der Waals surface area contributed by atoms with Crippen LogP contribution in [0, 0.1) is 5.21 Å². The first kappa shape index (κ1) is 18.3. The molecule has 0 unspecified atom stereocenters. The molecule has 0 atom stereocenters. The van der Waals surface area contributed by atoms with Crippen molar-refractivity contribution in [2.24, 2.45) is 0 Å². The molecule has 0 aliphatic heterocycles. The van der Waals surface area contributed by atoms with Crippen LogP contribution in [-0.4, -0.2) is 23.8 Å². The molecule has 0 amide bonds. The molecule has 3 rings (SSSR count). The zero-order chi connectivity index (χ0) is 19.4. The highest BCUT2D eigenvalue weighted by Gasteiger charge is 2.28. The van der Waals surface area contributed by atoms with Gasteiger partial charge in [0, 0.05) is 12.0 Å². The van der Waals surface area contributed by atoms with Crippen LogP contribution in [0.4, 0.5) is 0 Å². The van der Waals surface area contributed by atoms with Gasteiger partial charge in [-0.15, -0.1) is 0 Å². The summed E-state index contributed by atoms with van der Waals surface area (Å²) in [5, 5.41) is 13.0. The summed E-state index contributed by atoms with van der Waals surface area (Å²) in [4.78, 5) is 28.9. The number of ketones is 1. The maximum absolute atomic E-state index is 13.0. The van der Waals surface area contributed by atoms with Crippen LogP contribution in [0.25, 0.3) is 11.0 Å². The molecule has 0 N–H and O–H groups in total. The molecule has 7 nitrogen and oxygen atoms in total. The second-order valence-electron chi connectivity index (χ2n) is 5.77. The number of benzene rings is 2. The summed E-state index contributed by atoms with van der Waals surface area (Å²) in [6, 6.07) is 13.2. The fraction of sp³-hybridized carbons (Fsp3) is 0.200. The van der Waals surface area contributed by atoms with E-state index in [0.717, 1.165) is 0 Å². The number of ether oxygens (including phenoxy) is 2. The van der Waals surface area contributed by atoms with Crippen molar-refractivity contribution in [1.29, 1.82) is 0 Å². The lowest BCUT2D eigenvalue weighted by atomic mass is 10.1. The quantitative estimate of drug-likeness (QED) is 0.288. The Morgan fingerprint density at radius 2 is 1.89 bits per heavy atom. The summed E-state index contributed by atoms with van der Waals surface area (Å²) >= 11 is 0. The van der Waals surface area contributed by atoms with E-state index in [1.807, 2.05) is 0 Å². The summed E-state index contributed by atoms with van der Waals surface area (Å²) in [6.07, 6.45) is 0.185. The van der Waals surface area contributed by atoms with E-state index < -0.39 is 11.8 Å². The number of esters is 1. The number of nitrogens with zero attached hydrogens (tertiary/aromatic N) is 2. The van der Waals surface area contributed by atoms with Crippen molar-refractivity contribution in [1.82, 2.24) is 4.98 Å². The van der Waals surface area contributed by atoms with Crippen molar-refractivity contribution in [3.8, 4) is 5.75 Å². The van der Waals surface area contributed by atoms with E-state index >= 15 is 0 Å². The molecule has 0 saturated carbocycles. The van der Waals surface area contributed by atoms with E-state index in [9.17, 15) is 14.8 Å². The third-order valence-electron chi connectivity index (χ3n) is 4.04. The average molecular weight is 366 g/mol. The fourth-order valence-corrected chi connectivity index (χ4v) is 2.62. The van der Waals surface area contributed by atoms with Gasteiger partial charge in [0.1, 0.15) is 17.9 Å². The number of carbonyl (C=O) groups excluding carboxylic acids is 2. The minimum Gasteiger partial charge on any atom is -0.618 e. The Hall–Kier alpha value is -3.48. The number of fused-ring (bicyclic) bond motifs is 1. The highest BCUT2D eigenvalue weighted by Crippen LogP contribution is 2.20. The third-order valence-corrected chi connectivity index (χ3v) is 4.04. The highest BCUT2D eigenvalue weighted by molar-refractivity contribution is 6.07. The molecule has 0 aliphatic carbocycles. The second kappa shape index (κ2) is 7.82. The first-order valence-corrected chi connectivity index (χ1v) is 8.40. The van der Waals surface area contributed by atoms with E-state index in [1.54, 1.807) is 49.4 Å². The van der Waals surface area contributed by atoms with E-state index in [1.165, 1.54) is 13.2 Å². The molecule has 138 valence electrons. The smallest absolute Gasteiger partial charge is 0.305 e. The number of hydrogen-bond acceptors (Lipinski definition) is 6. The van der Waals surface area contributed by atoms with Gasteiger partial charge in [0.05, 0.1) is 13.2 Å². The molecule has 0 radical (unpaired) electrons. The molecular formula is C20H18N2O5. The lowest BCUT2D eigenvalue weighted by Crippen LogP contribution is -2.38. The van der Waals surface area contributed by atoms with E-state index in [2.05, 4.69) is 4.98 Å². The van der Waals surface area contributed by atoms with Crippen LogP contribution in [0.3, 0.4) is 0 Å². The van der Waals surface area contributed by atoms with Gasteiger partial charge in [0.15, 0.2) is 5.69 Å². The zero-order valence-corrected chi connectivity index (χ0v) is 15.0. The molecule has 7 heteroatoms. The van der Waals surface area contributed by atoms with Crippen LogP contribution in [-0.2, 0) is 16.1 Å². The third kappa shape index (κ3) is 3.72. The van der Waals surface area contributed by atoms with Crippen molar-refractivity contribution < 1.29 is 23.8 Å². The summed E-state index contributed by atoms with van der Waals surface area (Å²) < 4.78 is 10.8. The average Bonchev–Trinajstić information content (AvgIpc) is 2.72. The summed E-state index contributed by atoms with van der Waals surface area (Å²) in [7, 11) is 1.48. The minimum atomic E-state index is -0.495. The summed E-state index contributed by atoms with van der Waals surface area (Å²) in [6.45, 7) is 1.40. The molecule has 27 heavy (non-hydrogen) atoms. The van der Waals surface area contributed by atoms with E-state index in [-0.39, 0.29) is 29.9 Å². The van der Waals surface area contributed by atoms with Gasteiger partial charge >= 0.3 is 5.97 Å². The Balaban J connectivity index is 2.18. The number of aromatic nitrogens is 2. The monoisotopic (exact) mass is 366 g/mol. The Kier molecular flexibility index (Phi) is 5.30. The lowest BCUT2D eigenvalue weighted by Gasteiger charge is -2.12. The summed E-state index contributed by atoms with van der Waals surface area (Å²) in [5.74, 6) is -0.468. The molecule has 3 aromatic rings. The largest absolute Gasteiger partial charge is 0.618 e. The zero-order valence-electron chi connectivity index (χ0n) is 15.0. The van der Waals surface area contributed by atoms with Crippen LogP contribution in [0.5, 0.6) is 5.75 Å². The van der Waals surface area contributed by atoms with Gasteiger partial charge in [-0.05, 0) is 12.1 Å². The van der Waals surface area contributed by atoms with Gasteiger partial charge in [-0.1, -0.05) is 37.3 Å². The summed E-state index contributed by atoms with van der Waals surface area (Å²) in [5.41, 5.74) is 0.843. The van der Waals surface area contributed by atoms with Crippen molar-refractivity contribution in [2.75, 3.05) is 7.11 Å². The number of rotatable bonds is 6. The molecule has 1 aromatic heterocycles. The van der Waals surface area contributed by atoms with Gasteiger partial charge in [0.2, 0.25) is 5.52 Å². The number of methoxy groups -OCH3 is 1. The highest BCUT2D eigenvalue weighted by atomic mass is 16.5. The van der Waals surface area contributed by atoms with Gasteiger partial charge in [-0.25, -0.2) is 4.98 Å². The predicted molar refractivity (Wildman–Crippen MR) is 97.2 cm³/mol. The maximum atomic E-state index is 13.0. The molecule has 0 fully saturated rings. The molecule has 0 aliphatic rings. The Labute approximate surface area is 155 Å².